The lowest BCUT2D eigenvalue weighted by molar-refractivity contribution is 1.25. The van der Waals surface area contributed by atoms with E-state index in [0.717, 1.165) is 6.42 Å². The van der Waals surface area contributed by atoms with Gasteiger partial charge in [0.25, 0.3) is 0 Å². The summed E-state index contributed by atoms with van der Waals surface area (Å²) in [5.74, 6) is 0. The van der Waals surface area contributed by atoms with Crippen LogP contribution in [0.4, 0.5) is 0 Å². The molecule has 0 fully saturated rings. The molecule has 0 bridgehead atoms. The Labute approximate surface area is 55.7 Å². The molecule has 0 saturated heterocycles. The summed E-state index contributed by atoms with van der Waals surface area (Å²) >= 11 is 4.29. The van der Waals surface area contributed by atoms with Gasteiger partial charge in [0, 0.05) is 4.91 Å². The molecule has 0 unspecified atom stereocenters. The molecule has 44 valence electrons. The predicted molar refractivity (Wildman–Crippen MR) is 40.1 cm³/mol. The number of allylic oxidation sites excluding steroid dienone is 3. The Balaban J connectivity index is 2.88. The molecule has 0 aromatic rings. The average Bonchev–Trinajstić information content (AvgIpc) is 1.98. The van der Waals surface area contributed by atoms with Crippen molar-refractivity contribution in [1.82, 2.24) is 0 Å². The van der Waals surface area contributed by atoms with Crippen molar-refractivity contribution >= 4 is 12.6 Å². The first-order valence-corrected chi connectivity index (χ1v) is 3.22. The lowest BCUT2D eigenvalue weighted by Gasteiger charge is -1.92. The van der Waals surface area contributed by atoms with Crippen molar-refractivity contribution < 1.29 is 0 Å². The van der Waals surface area contributed by atoms with Crippen LogP contribution < -0.4 is 0 Å². The van der Waals surface area contributed by atoms with E-state index >= 15 is 0 Å². The molecule has 0 N–H and O–H groups in total. The molecule has 8 heavy (non-hydrogen) atoms. The van der Waals surface area contributed by atoms with Crippen molar-refractivity contribution in [3.05, 3.63) is 22.1 Å². The van der Waals surface area contributed by atoms with E-state index < -0.39 is 0 Å². The molecular formula is C7H10S. The van der Waals surface area contributed by atoms with Gasteiger partial charge >= 0.3 is 0 Å². The Kier molecular flexibility index (Phi) is 1.47. The van der Waals surface area contributed by atoms with Gasteiger partial charge < -0.3 is 0 Å². The summed E-state index contributed by atoms with van der Waals surface area (Å²) in [6, 6.07) is 0. The minimum atomic E-state index is 1.10. The van der Waals surface area contributed by atoms with Crippen LogP contribution in [0.3, 0.4) is 0 Å². The zero-order valence-corrected chi connectivity index (χ0v) is 6.13. The lowest BCUT2D eigenvalue weighted by Crippen LogP contribution is -1.69. The second-order valence-corrected chi connectivity index (χ2v) is 2.67. The number of hydrogen-bond donors (Lipinski definition) is 1. The molecule has 0 nitrogen and oxygen atoms in total. The highest BCUT2D eigenvalue weighted by Crippen LogP contribution is 2.27. The van der Waals surface area contributed by atoms with E-state index in [1.165, 1.54) is 16.1 Å². The SMILES string of the molecule is CC1=CCC(C)=C1S. The summed E-state index contributed by atoms with van der Waals surface area (Å²) < 4.78 is 0. The smallest absolute Gasteiger partial charge is 0.00585 e. The molecule has 0 heterocycles. The van der Waals surface area contributed by atoms with Crippen LogP contribution >= 0.6 is 12.6 Å². The fraction of sp³-hybridized carbons (Fsp3) is 0.429. The third-order valence-electron chi connectivity index (χ3n) is 1.49. The first-order chi connectivity index (χ1) is 3.72. The maximum Gasteiger partial charge on any atom is 0.00585 e. The molecule has 0 aliphatic heterocycles. The second kappa shape index (κ2) is 1.98. The molecule has 1 heteroatoms. The van der Waals surface area contributed by atoms with Crippen molar-refractivity contribution in [2.45, 2.75) is 20.3 Å². The van der Waals surface area contributed by atoms with Crippen LogP contribution in [0.25, 0.3) is 0 Å². The standard InChI is InChI=1S/C7H10S/c1-5-3-4-6(2)7(5)8/h3,8H,4H2,1-2H3. The van der Waals surface area contributed by atoms with Gasteiger partial charge in [-0.15, -0.1) is 12.6 Å². The third kappa shape index (κ3) is 0.826. The van der Waals surface area contributed by atoms with Crippen LogP contribution in [0, 0.1) is 0 Å². The molecule has 0 saturated carbocycles. The first kappa shape index (κ1) is 5.96. The van der Waals surface area contributed by atoms with Gasteiger partial charge in [-0.3, -0.25) is 0 Å². The van der Waals surface area contributed by atoms with E-state index in [9.17, 15) is 0 Å². The molecule has 1 aliphatic carbocycles. The molecule has 0 aromatic carbocycles. The van der Waals surface area contributed by atoms with Gasteiger partial charge in [0.05, 0.1) is 0 Å². The first-order valence-electron chi connectivity index (χ1n) is 2.77. The Morgan fingerprint density at radius 1 is 1.50 bits per heavy atom. The predicted octanol–water partition coefficient (Wildman–Crippen LogP) is 2.54. The quantitative estimate of drug-likeness (QED) is 0.474. The van der Waals surface area contributed by atoms with Gasteiger partial charge in [-0.05, 0) is 25.8 Å². The molecule has 0 amide bonds. The highest BCUT2D eigenvalue weighted by molar-refractivity contribution is 7.84. The maximum atomic E-state index is 4.29. The van der Waals surface area contributed by atoms with Crippen molar-refractivity contribution in [3.8, 4) is 0 Å². The summed E-state index contributed by atoms with van der Waals surface area (Å²) in [4.78, 5) is 1.19. The lowest BCUT2D eigenvalue weighted by atomic mass is 10.3. The summed E-state index contributed by atoms with van der Waals surface area (Å²) in [5.41, 5.74) is 2.72. The van der Waals surface area contributed by atoms with E-state index in [1.54, 1.807) is 0 Å². The minimum absolute atomic E-state index is 1.10. The zero-order chi connectivity index (χ0) is 6.15. The van der Waals surface area contributed by atoms with Crippen LogP contribution in [-0.2, 0) is 0 Å². The number of thiol groups is 1. The van der Waals surface area contributed by atoms with Crippen LogP contribution in [0.2, 0.25) is 0 Å². The summed E-state index contributed by atoms with van der Waals surface area (Å²) in [6.45, 7) is 4.22. The highest BCUT2D eigenvalue weighted by atomic mass is 32.1. The molecule has 0 radical (unpaired) electrons. The summed E-state index contributed by atoms with van der Waals surface area (Å²) in [6.07, 6.45) is 3.31. The van der Waals surface area contributed by atoms with Gasteiger partial charge in [0.2, 0.25) is 0 Å². The molecule has 1 rings (SSSR count). The topological polar surface area (TPSA) is 0 Å². The number of hydrogen-bond acceptors (Lipinski definition) is 1. The Hall–Kier alpha value is -0.170. The van der Waals surface area contributed by atoms with Crippen LogP contribution in [-0.4, -0.2) is 0 Å². The minimum Gasteiger partial charge on any atom is -0.143 e. The van der Waals surface area contributed by atoms with Crippen molar-refractivity contribution in [1.29, 1.82) is 0 Å². The van der Waals surface area contributed by atoms with Crippen molar-refractivity contribution in [2.24, 2.45) is 0 Å². The van der Waals surface area contributed by atoms with Crippen LogP contribution in [0.1, 0.15) is 20.3 Å². The van der Waals surface area contributed by atoms with Gasteiger partial charge in [0.15, 0.2) is 0 Å². The van der Waals surface area contributed by atoms with Crippen molar-refractivity contribution in [3.63, 3.8) is 0 Å². The monoisotopic (exact) mass is 126 g/mol. The molecule has 0 atom stereocenters. The maximum absolute atomic E-state index is 4.29. The summed E-state index contributed by atoms with van der Waals surface area (Å²) in [7, 11) is 0. The summed E-state index contributed by atoms with van der Waals surface area (Å²) in [5, 5.41) is 0. The van der Waals surface area contributed by atoms with Crippen molar-refractivity contribution in [2.75, 3.05) is 0 Å². The number of rotatable bonds is 0. The molecule has 0 spiro atoms. The fourth-order valence-electron chi connectivity index (χ4n) is 0.836. The zero-order valence-electron chi connectivity index (χ0n) is 5.23. The van der Waals surface area contributed by atoms with Gasteiger partial charge in [-0.2, -0.15) is 0 Å². The van der Waals surface area contributed by atoms with E-state index in [0.29, 0.717) is 0 Å². The fourth-order valence-corrected chi connectivity index (χ4v) is 1.02. The van der Waals surface area contributed by atoms with Gasteiger partial charge in [-0.25, -0.2) is 0 Å². The Morgan fingerprint density at radius 2 is 2.12 bits per heavy atom. The van der Waals surface area contributed by atoms with E-state index in [2.05, 4.69) is 32.6 Å². The van der Waals surface area contributed by atoms with Crippen LogP contribution in [0.5, 0.6) is 0 Å². The van der Waals surface area contributed by atoms with Gasteiger partial charge in [0.1, 0.15) is 0 Å². The second-order valence-electron chi connectivity index (χ2n) is 2.22. The third-order valence-corrected chi connectivity index (χ3v) is 2.23. The van der Waals surface area contributed by atoms with Gasteiger partial charge in [-0.1, -0.05) is 11.6 Å². The normalized spacial score (nSPS) is 19.6. The molecule has 1 aliphatic rings. The van der Waals surface area contributed by atoms with E-state index in [4.69, 9.17) is 0 Å². The average molecular weight is 126 g/mol. The largest absolute Gasteiger partial charge is 0.143 e. The van der Waals surface area contributed by atoms with Crippen LogP contribution in [0.15, 0.2) is 22.1 Å². The molecule has 0 aromatic heterocycles. The Morgan fingerprint density at radius 3 is 2.25 bits per heavy atom. The van der Waals surface area contributed by atoms with E-state index in [-0.39, 0.29) is 0 Å². The van der Waals surface area contributed by atoms with E-state index in [1.807, 2.05) is 0 Å². The molecular weight excluding hydrogens is 116 g/mol. The highest BCUT2D eigenvalue weighted by Gasteiger charge is 2.04. The Bertz CT molecular complexity index is 158.